The van der Waals surface area contributed by atoms with Crippen molar-refractivity contribution in [3.05, 3.63) is 30.1 Å². The van der Waals surface area contributed by atoms with Crippen molar-refractivity contribution in [1.29, 1.82) is 0 Å². The van der Waals surface area contributed by atoms with E-state index in [-0.39, 0.29) is 24.7 Å². The van der Waals surface area contributed by atoms with Gasteiger partial charge in [-0.05, 0) is 44.5 Å². The number of fused-ring (bicyclic) bond motifs is 1. The van der Waals surface area contributed by atoms with Gasteiger partial charge in [0.05, 0.1) is 24.1 Å². The highest BCUT2D eigenvalue weighted by Gasteiger charge is 2.59. The molecule has 9 nitrogen and oxygen atoms in total. The lowest BCUT2D eigenvalue weighted by atomic mass is 9.89. The molecule has 1 fully saturated rings. The van der Waals surface area contributed by atoms with Gasteiger partial charge in [-0.15, -0.1) is 0 Å². The Morgan fingerprint density at radius 1 is 1.37 bits per heavy atom. The summed E-state index contributed by atoms with van der Waals surface area (Å²) in [6, 6.07) is 4.45. The van der Waals surface area contributed by atoms with E-state index >= 15 is 0 Å². The molecule has 2 aliphatic heterocycles. The van der Waals surface area contributed by atoms with Gasteiger partial charge in [-0.1, -0.05) is 6.07 Å². The molecule has 1 aromatic heterocycles. The van der Waals surface area contributed by atoms with Crippen LogP contribution in [0.25, 0.3) is 0 Å². The Hall–Kier alpha value is -2.68. The first-order valence-corrected chi connectivity index (χ1v) is 8.89. The van der Waals surface area contributed by atoms with Gasteiger partial charge < -0.3 is 15.0 Å². The van der Waals surface area contributed by atoms with Crippen LogP contribution in [0.4, 0.5) is 9.59 Å². The summed E-state index contributed by atoms with van der Waals surface area (Å²) in [5.74, 6) is -0.579. The number of nitrogens with one attached hydrogen (secondary N) is 1. The summed E-state index contributed by atoms with van der Waals surface area (Å²) in [6.07, 6.45) is 0.859. The number of hydrogen-bond donors (Lipinski definition) is 1. The number of ether oxygens (including phenoxy) is 1. The number of halogens is 1. The number of carbonyl (C=O) groups excluding carboxylic acids is 3. The van der Waals surface area contributed by atoms with E-state index in [0.29, 0.717) is 0 Å². The average Bonchev–Trinajstić information content (AvgIpc) is 3.12. The number of pyridine rings is 1. The fourth-order valence-corrected chi connectivity index (χ4v) is 3.87. The SMILES string of the molecule is CCOC(=O)N1N=C(NC(=O)c2ccccn2)C2CN(C(=O)Cl)C(C)(C)C21. The van der Waals surface area contributed by atoms with E-state index in [4.69, 9.17) is 16.3 Å². The van der Waals surface area contributed by atoms with E-state index < -0.39 is 34.9 Å². The highest BCUT2D eigenvalue weighted by molar-refractivity contribution is 6.63. The zero-order valence-corrected chi connectivity index (χ0v) is 15.9. The van der Waals surface area contributed by atoms with Gasteiger partial charge >= 0.3 is 11.5 Å². The Labute approximate surface area is 161 Å². The molecule has 10 heteroatoms. The molecular formula is C17H20ClN5O4. The van der Waals surface area contributed by atoms with Crippen LogP contribution in [0.3, 0.4) is 0 Å². The highest BCUT2D eigenvalue weighted by Crippen LogP contribution is 2.41. The van der Waals surface area contributed by atoms with Crippen LogP contribution in [0.2, 0.25) is 0 Å². The van der Waals surface area contributed by atoms with Gasteiger partial charge in [0.1, 0.15) is 11.5 Å². The number of carbonyl (C=O) groups is 3. The number of hydrogen-bond acceptors (Lipinski definition) is 6. The summed E-state index contributed by atoms with van der Waals surface area (Å²) in [4.78, 5) is 42.2. The zero-order chi connectivity index (χ0) is 19.8. The molecule has 0 aromatic carbocycles. The smallest absolute Gasteiger partial charge is 0.430 e. The third-order valence-corrected chi connectivity index (χ3v) is 5.02. The second-order valence-electron chi connectivity index (χ2n) is 6.77. The van der Waals surface area contributed by atoms with Crippen molar-refractivity contribution in [1.82, 2.24) is 20.2 Å². The molecule has 0 radical (unpaired) electrons. The van der Waals surface area contributed by atoms with E-state index in [1.807, 2.05) is 0 Å². The molecule has 3 heterocycles. The highest BCUT2D eigenvalue weighted by atomic mass is 35.5. The van der Waals surface area contributed by atoms with Crippen molar-refractivity contribution in [2.24, 2.45) is 11.0 Å². The quantitative estimate of drug-likeness (QED) is 0.611. The molecule has 0 bridgehead atoms. The predicted octanol–water partition coefficient (Wildman–Crippen LogP) is 2.03. The minimum atomic E-state index is -0.794. The van der Waals surface area contributed by atoms with Gasteiger partial charge in [0, 0.05) is 12.7 Å². The number of hydrazone groups is 1. The van der Waals surface area contributed by atoms with E-state index in [2.05, 4.69) is 15.4 Å². The Morgan fingerprint density at radius 3 is 2.70 bits per heavy atom. The van der Waals surface area contributed by atoms with Gasteiger partial charge in [-0.3, -0.25) is 14.6 Å². The third-order valence-electron chi connectivity index (χ3n) is 4.82. The molecule has 3 amide bonds. The molecule has 144 valence electrons. The first-order valence-electron chi connectivity index (χ1n) is 8.51. The molecule has 1 aromatic rings. The maximum Gasteiger partial charge on any atom is 0.430 e. The molecule has 3 rings (SSSR count). The summed E-state index contributed by atoms with van der Waals surface area (Å²) >= 11 is 5.73. The zero-order valence-electron chi connectivity index (χ0n) is 15.2. The van der Waals surface area contributed by atoms with E-state index in [9.17, 15) is 14.4 Å². The molecule has 0 saturated carbocycles. The van der Waals surface area contributed by atoms with Gasteiger partial charge in [-0.2, -0.15) is 10.1 Å². The van der Waals surface area contributed by atoms with E-state index in [0.717, 1.165) is 0 Å². The van der Waals surface area contributed by atoms with Crippen molar-refractivity contribution < 1.29 is 19.1 Å². The molecule has 0 spiro atoms. The summed E-state index contributed by atoms with van der Waals surface area (Å²) < 4.78 is 5.08. The lowest BCUT2D eigenvalue weighted by molar-refractivity contribution is 0.0689. The van der Waals surface area contributed by atoms with Crippen LogP contribution in [-0.2, 0) is 4.74 Å². The fraction of sp³-hybridized carbons (Fsp3) is 0.471. The van der Waals surface area contributed by atoms with Crippen LogP contribution in [0.5, 0.6) is 0 Å². The topological polar surface area (TPSA) is 104 Å². The number of nitrogens with zero attached hydrogens (tertiary/aromatic N) is 4. The third kappa shape index (κ3) is 3.34. The molecule has 27 heavy (non-hydrogen) atoms. The number of likely N-dealkylation sites (tertiary alicyclic amines) is 1. The van der Waals surface area contributed by atoms with Crippen LogP contribution in [0.1, 0.15) is 31.3 Å². The number of amides is 3. The maximum absolute atomic E-state index is 12.5. The van der Waals surface area contributed by atoms with Crippen molar-refractivity contribution in [3.8, 4) is 0 Å². The lowest BCUT2D eigenvalue weighted by Gasteiger charge is -2.36. The Balaban J connectivity index is 1.91. The van der Waals surface area contributed by atoms with Gasteiger partial charge in [0.2, 0.25) is 0 Å². The molecule has 2 atom stereocenters. The van der Waals surface area contributed by atoms with Crippen LogP contribution in [0, 0.1) is 5.92 Å². The number of aromatic nitrogens is 1. The Bertz CT molecular complexity index is 798. The molecule has 2 unspecified atom stereocenters. The van der Waals surface area contributed by atoms with E-state index in [1.54, 1.807) is 39.0 Å². The fourth-order valence-electron chi connectivity index (χ4n) is 3.58. The van der Waals surface area contributed by atoms with Crippen LogP contribution < -0.4 is 5.32 Å². The molecule has 1 saturated heterocycles. The maximum atomic E-state index is 12.5. The summed E-state index contributed by atoms with van der Waals surface area (Å²) in [6.45, 7) is 5.67. The minimum Gasteiger partial charge on any atom is -0.448 e. The largest absolute Gasteiger partial charge is 0.448 e. The van der Waals surface area contributed by atoms with Crippen LogP contribution in [0.15, 0.2) is 29.5 Å². The monoisotopic (exact) mass is 393 g/mol. The standard InChI is InChI=1S/C17H20ClN5O4/c1-4-27-16(26)23-12-10(9-22(15(18)25)17(12,2)3)13(21-23)20-14(24)11-7-5-6-8-19-11/h5-8,10,12H,4,9H2,1-3H3,(H,20,21,24). The van der Waals surface area contributed by atoms with Gasteiger partial charge in [0.15, 0.2) is 0 Å². The second-order valence-corrected chi connectivity index (χ2v) is 7.09. The van der Waals surface area contributed by atoms with E-state index in [1.165, 1.54) is 16.1 Å². The van der Waals surface area contributed by atoms with Crippen molar-refractivity contribution in [3.63, 3.8) is 0 Å². The van der Waals surface area contributed by atoms with Crippen molar-refractivity contribution in [2.75, 3.05) is 13.2 Å². The Kier molecular flexibility index (Phi) is 5.05. The molecule has 0 aliphatic carbocycles. The number of rotatable bonds is 2. The normalized spacial score (nSPS) is 22.9. The minimum absolute atomic E-state index is 0.177. The summed E-state index contributed by atoms with van der Waals surface area (Å²) in [5.41, 5.74) is -0.578. The summed E-state index contributed by atoms with van der Waals surface area (Å²) in [7, 11) is 0. The first-order chi connectivity index (χ1) is 12.8. The van der Waals surface area contributed by atoms with Gasteiger partial charge in [0.25, 0.3) is 5.91 Å². The predicted molar refractivity (Wildman–Crippen MR) is 97.3 cm³/mol. The molecular weight excluding hydrogens is 374 g/mol. The molecule has 1 N–H and O–H groups in total. The van der Waals surface area contributed by atoms with Crippen molar-refractivity contribution >= 4 is 34.8 Å². The summed E-state index contributed by atoms with van der Waals surface area (Å²) in [5, 5.41) is 7.54. The molecule has 2 aliphatic rings. The second kappa shape index (κ2) is 7.15. The average molecular weight is 394 g/mol. The van der Waals surface area contributed by atoms with Crippen LogP contribution in [-0.4, -0.2) is 62.8 Å². The van der Waals surface area contributed by atoms with Gasteiger partial charge in [-0.25, -0.2) is 4.79 Å². The van der Waals surface area contributed by atoms with Crippen molar-refractivity contribution in [2.45, 2.75) is 32.4 Å². The Morgan fingerprint density at radius 2 is 2.11 bits per heavy atom. The van der Waals surface area contributed by atoms with Crippen LogP contribution >= 0.6 is 11.6 Å². The first kappa shape index (κ1) is 19.1. The number of amidine groups is 1. The lowest BCUT2D eigenvalue weighted by Crippen LogP contribution is -2.53.